The third kappa shape index (κ3) is 4.16. The number of nitrogens with two attached hydrogens (primary N) is 1. The maximum Gasteiger partial charge on any atom is 0.191 e. The van der Waals surface area contributed by atoms with E-state index in [0.717, 1.165) is 32.7 Å². The van der Waals surface area contributed by atoms with Crippen LogP contribution in [0, 0.1) is 0 Å². The van der Waals surface area contributed by atoms with Crippen molar-refractivity contribution in [2.45, 2.75) is 38.3 Å². The SMILES string of the molecule is CC(C)(O)CN1CCN(C(N)=NC2CC2)CC1. The van der Waals surface area contributed by atoms with E-state index in [1.165, 1.54) is 12.8 Å². The molecule has 0 atom stereocenters. The molecule has 0 unspecified atom stereocenters. The Kier molecular flexibility index (Phi) is 3.58. The van der Waals surface area contributed by atoms with Crippen LogP contribution < -0.4 is 5.73 Å². The van der Waals surface area contributed by atoms with E-state index < -0.39 is 5.60 Å². The number of rotatable bonds is 3. The summed E-state index contributed by atoms with van der Waals surface area (Å²) >= 11 is 0. The van der Waals surface area contributed by atoms with E-state index in [1.54, 1.807) is 0 Å². The molecule has 1 saturated heterocycles. The molecule has 3 N–H and O–H groups in total. The molecule has 17 heavy (non-hydrogen) atoms. The van der Waals surface area contributed by atoms with Gasteiger partial charge in [-0.2, -0.15) is 0 Å². The number of β-amino-alcohol motifs (C(OH)–C–C–N with tert-alkyl or cyclic N) is 1. The van der Waals surface area contributed by atoms with E-state index in [-0.39, 0.29) is 0 Å². The highest BCUT2D eigenvalue weighted by atomic mass is 16.3. The van der Waals surface area contributed by atoms with Crippen molar-refractivity contribution < 1.29 is 5.11 Å². The van der Waals surface area contributed by atoms with Crippen molar-refractivity contribution in [2.24, 2.45) is 10.7 Å². The topological polar surface area (TPSA) is 65.1 Å². The zero-order valence-corrected chi connectivity index (χ0v) is 10.9. The third-order valence-corrected chi connectivity index (χ3v) is 3.17. The van der Waals surface area contributed by atoms with E-state index in [1.807, 2.05) is 13.8 Å². The molecule has 1 saturated carbocycles. The van der Waals surface area contributed by atoms with Crippen LogP contribution >= 0.6 is 0 Å². The Morgan fingerprint density at radius 2 is 1.88 bits per heavy atom. The molecular formula is C12H24N4O. The quantitative estimate of drug-likeness (QED) is 0.532. The van der Waals surface area contributed by atoms with E-state index in [0.29, 0.717) is 12.0 Å². The number of nitrogens with zero attached hydrogens (tertiary/aromatic N) is 3. The van der Waals surface area contributed by atoms with Gasteiger partial charge in [0, 0.05) is 32.7 Å². The van der Waals surface area contributed by atoms with E-state index in [2.05, 4.69) is 14.8 Å². The summed E-state index contributed by atoms with van der Waals surface area (Å²) in [5.74, 6) is 0.704. The molecule has 0 spiro atoms. The van der Waals surface area contributed by atoms with Crippen molar-refractivity contribution in [3.63, 3.8) is 0 Å². The van der Waals surface area contributed by atoms with Crippen molar-refractivity contribution in [2.75, 3.05) is 32.7 Å². The number of aliphatic imine (C=N–C) groups is 1. The molecule has 1 heterocycles. The van der Waals surface area contributed by atoms with Gasteiger partial charge in [0.2, 0.25) is 0 Å². The van der Waals surface area contributed by atoms with Crippen LogP contribution in [-0.4, -0.2) is 65.2 Å². The van der Waals surface area contributed by atoms with Gasteiger partial charge in [0.25, 0.3) is 0 Å². The van der Waals surface area contributed by atoms with Crippen LogP contribution in [-0.2, 0) is 0 Å². The van der Waals surface area contributed by atoms with Gasteiger partial charge in [-0.25, -0.2) is 4.99 Å². The van der Waals surface area contributed by atoms with Crippen LogP contribution in [0.25, 0.3) is 0 Å². The van der Waals surface area contributed by atoms with E-state index in [9.17, 15) is 5.11 Å². The Morgan fingerprint density at radius 1 is 1.29 bits per heavy atom. The lowest BCUT2D eigenvalue weighted by atomic mass is 10.1. The normalized spacial score (nSPS) is 24.2. The summed E-state index contributed by atoms with van der Waals surface area (Å²) in [6.45, 7) is 8.15. The largest absolute Gasteiger partial charge is 0.389 e. The number of hydrogen-bond donors (Lipinski definition) is 2. The maximum absolute atomic E-state index is 9.77. The van der Waals surface area contributed by atoms with Crippen molar-refractivity contribution in [3.8, 4) is 0 Å². The second-order valence-electron chi connectivity index (χ2n) is 5.79. The van der Waals surface area contributed by atoms with Crippen LogP contribution in [0.2, 0.25) is 0 Å². The summed E-state index contributed by atoms with van der Waals surface area (Å²) < 4.78 is 0. The number of piperazine rings is 1. The maximum atomic E-state index is 9.77. The standard InChI is InChI=1S/C12H24N4O/c1-12(2,17)9-15-5-7-16(8-6-15)11(13)14-10-3-4-10/h10,17H,3-9H2,1-2H3,(H2,13,14). The summed E-state index contributed by atoms with van der Waals surface area (Å²) in [4.78, 5) is 8.89. The summed E-state index contributed by atoms with van der Waals surface area (Å²) in [6, 6.07) is 0.490. The fourth-order valence-electron chi connectivity index (χ4n) is 2.15. The molecule has 0 aromatic rings. The lowest BCUT2D eigenvalue weighted by Gasteiger charge is -2.37. The summed E-state index contributed by atoms with van der Waals surface area (Å²) in [6.07, 6.45) is 2.39. The van der Waals surface area contributed by atoms with Gasteiger partial charge in [-0.15, -0.1) is 0 Å². The molecule has 1 aliphatic heterocycles. The fraction of sp³-hybridized carbons (Fsp3) is 0.917. The molecule has 0 aromatic heterocycles. The summed E-state index contributed by atoms with van der Waals surface area (Å²) in [5.41, 5.74) is 5.35. The van der Waals surface area contributed by atoms with Crippen LogP contribution in [0.1, 0.15) is 26.7 Å². The Hall–Kier alpha value is -0.810. The van der Waals surface area contributed by atoms with Crippen molar-refractivity contribution in [1.82, 2.24) is 9.80 Å². The van der Waals surface area contributed by atoms with Crippen molar-refractivity contribution in [1.29, 1.82) is 0 Å². The summed E-state index contributed by atoms with van der Waals surface area (Å²) in [7, 11) is 0. The van der Waals surface area contributed by atoms with Gasteiger partial charge in [0.1, 0.15) is 0 Å². The second-order valence-corrected chi connectivity index (χ2v) is 5.79. The first-order chi connectivity index (χ1) is 7.94. The third-order valence-electron chi connectivity index (χ3n) is 3.17. The lowest BCUT2D eigenvalue weighted by Crippen LogP contribution is -2.53. The molecule has 5 heteroatoms. The van der Waals surface area contributed by atoms with Crippen LogP contribution in [0.3, 0.4) is 0 Å². The lowest BCUT2D eigenvalue weighted by molar-refractivity contribution is 0.0250. The first-order valence-corrected chi connectivity index (χ1v) is 6.47. The molecule has 0 radical (unpaired) electrons. The van der Waals surface area contributed by atoms with Gasteiger partial charge in [-0.1, -0.05) is 0 Å². The Balaban J connectivity index is 1.77. The number of hydrogen-bond acceptors (Lipinski definition) is 3. The first kappa shape index (κ1) is 12.6. The van der Waals surface area contributed by atoms with Gasteiger partial charge in [-0.3, -0.25) is 4.90 Å². The Labute approximate surface area is 103 Å². The highest BCUT2D eigenvalue weighted by Gasteiger charge is 2.25. The smallest absolute Gasteiger partial charge is 0.191 e. The average molecular weight is 240 g/mol. The second kappa shape index (κ2) is 4.82. The van der Waals surface area contributed by atoms with Gasteiger partial charge in [0.15, 0.2) is 5.96 Å². The van der Waals surface area contributed by atoms with Gasteiger partial charge >= 0.3 is 0 Å². The van der Waals surface area contributed by atoms with Crippen molar-refractivity contribution in [3.05, 3.63) is 0 Å². The van der Waals surface area contributed by atoms with Crippen LogP contribution in [0.5, 0.6) is 0 Å². The predicted molar refractivity (Wildman–Crippen MR) is 69.0 cm³/mol. The minimum Gasteiger partial charge on any atom is -0.389 e. The minimum atomic E-state index is -0.615. The Bertz CT molecular complexity index is 285. The average Bonchev–Trinajstić information content (AvgIpc) is 3.00. The monoisotopic (exact) mass is 240 g/mol. The van der Waals surface area contributed by atoms with E-state index >= 15 is 0 Å². The predicted octanol–water partition coefficient (Wildman–Crippen LogP) is -0.148. The molecule has 2 fully saturated rings. The molecule has 2 rings (SSSR count). The molecular weight excluding hydrogens is 216 g/mol. The zero-order chi connectivity index (χ0) is 12.5. The van der Waals surface area contributed by atoms with Crippen molar-refractivity contribution >= 4 is 5.96 Å². The Morgan fingerprint density at radius 3 is 2.35 bits per heavy atom. The molecule has 2 aliphatic rings. The van der Waals surface area contributed by atoms with Crippen LogP contribution in [0.15, 0.2) is 4.99 Å². The first-order valence-electron chi connectivity index (χ1n) is 6.47. The summed E-state index contributed by atoms with van der Waals surface area (Å²) in [5, 5.41) is 9.77. The molecule has 0 bridgehead atoms. The van der Waals surface area contributed by atoms with E-state index in [4.69, 9.17) is 5.73 Å². The molecule has 0 aromatic carbocycles. The van der Waals surface area contributed by atoms with Gasteiger partial charge < -0.3 is 15.7 Å². The molecule has 1 aliphatic carbocycles. The number of guanidine groups is 1. The zero-order valence-electron chi connectivity index (χ0n) is 10.9. The van der Waals surface area contributed by atoms with Gasteiger partial charge in [-0.05, 0) is 26.7 Å². The highest BCUT2D eigenvalue weighted by Crippen LogP contribution is 2.23. The minimum absolute atomic E-state index is 0.490. The highest BCUT2D eigenvalue weighted by molar-refractivity contribution is 5.78. The van der Waals surface area contributed by atoms with Gasteiger partial charge in [0.05, 0.1) is 11.6 Å². The molecule has 5 nitrogen and oxygen atoms in total. The molecule has 98 valence electrons. The molecule has 0 amide bonds. The van der Waals surface area contributed by atoms with Crippen LogP contribution in [0.4, 0.5) is 0 Å². The fourth-order valence-corrected chi connectivity index (χ4v) is 2.15. The number of aliphatic hydroxyl groups is 1.